The number of rotatable bonds is 3. The van der Waals surface area contributed by atoms with Gasteiger partial charge in [-0.1, -0.05) is 23.2 Å². The number of benzene rings is 1. The van der Waals surface area contributed by atoms with Gasteiger partial charge in [0.1, 0.15) is 0 Å². The average molecular weight is 273 g/mol. The number of likely N-dealkylation sites (tertiary alicyclic amines) is 1. The van der Waals surface area contributed by atoms with Gasteiger partial charge in [0.05, 0.1) is 11.6 Å². The van der Waals surface area contributed by atoms with Crippen molar-refractivity contribution < 1.29 is 4.79 Å². The highest BCUT2D eigenvalue weighted by atomic mass is 35.5. The lowest BCUT2D eigenvalue weighted by molar-refractivity contribution is 0.0945. The van der Waals surface area contributed by atoms with E-state index < -0.39 is 0 Å². The third kappa shape index (κ3) is 3.19. The Hall–Kier alpha value is -0.610. The number of carbonyl (C=O) groups excluding carboxylic acids is 1. The van der Waals surface area contributed by atoms with Gasteiger partial charge in [0.25, 0.3) is 0 Å². The molecule has 1 aromatic rings. The Morgan fingerprint density at radius 1 is 1.47 bits per heavy atom. The second-order valence-corrected chi connectivity index (χ2v) is 5.17. The van der Waals surface area contributed by atoms with Gasteiger partial charge in [-0.3, -0.25) is 9.69 Å². The minimum atomic E-state index is 0.0146. The first-order chi connectivity index (χ1) is 8.06. The van der Waals surface area contributed by atoms with Crippen molar-refractivity contribution in [3.05, 3.63) is 33.8 Å². The van der Waals surface area contributed by atoms with E-state index in [9.17, 15) is 4.79 Å². The molecular formula is C12H14Cl2N2O. The third-order valence-electron chi connectivity index (χ3n) is 2.91. The number of ketones is 1. The molecule has 0 unspecified atom stereocenters. The van der Waals surface area contributed by atoms with E-state index in [0.29, 0.717) is 22.2 Å². The number of halogens is 2. The fourth-order valence-electron chi connectivity index (χ4n) is 2.01. The van der Waals surface area contributed by atoms with Crippen molar-refractivity contribution in [2.45, 2.75) is 12.5 Å². The first-order valence-corrected chi connectivity index (χ1v) is 6.28. The fraction of sp³-hybridized carbons (Fsp3) is 0.417. The van der Waals surface area contributed by atoms with Crippen LogP contribution in [0.15, 0.2) is 18.2 Å². The maximum Gasteiger partial charge on any atom is 0.178 e. The lowest BCUT2D eigenvalue weighted by Gasteiger charge is -2.14. The normalized spacial score (nSPS) is 20.8. The van der Waals surface area contributed by atoms with Gasteiger partial charge in [-0.25, -0.2) is 0 Å². The smallest absolute Gasteiger partial charge is 0.178 e. The molecule has 1 heterocycles. The summed E-state index contributed by atoms with van der Waals surface area (Å²) < 4.78 is 0. The first-order valence-electron chi connectivity index (χ1n) is 5.52. The number of carbonyl (C=O) groups is 1. The van der Waals surface area contributed by atoms with Gasteiger partial charge < -0.3 is 5.73 Å². The topological polar surface area (TPSA) is 46.3 Å². The molecule has 5 heteroatoms. The zero-order valence-electron chi connectivity index (χ0n) is 9.33. The van der Waals surface area contributed by atoms with Gasteiger partial charge in [0.15, 0.2) is 5.78 Å². The van der Waals surface area contributed by atoms with E-state index in [1.807, 2.05) is 0 Å². The molecule has 0 bridgehead atoms. The minimum absolute atomic E-state index is 0.0146. The Balaban J connectivity index is 2.04. The fourth-order valence-corrected chi connectivity index (χ4v) is 2.52. The van der Waals surface area contributed by atoms with Crippen LogP contribution in [0.25, 0.3) is 0 Å². The molecule has 17 heavy (non-hydrogen) atoms. The van der Waals surface area contributed by atoms with E-state index in [1.54, 1.807) is 18.2 Å². The summed E-state index contributed by atoms with van der Waals surface area (Å²) in [5.74, 6) is 0.0146. The first kappa shape index (κ1) is 12.8. The molecule has 0 spiro atoms. The molecule has 2 rings (SSSR count). The number of nitrogens with zero attached hydrogens (tertiary/aromatic N) is 1. The summed E-state index contributed by atoms with van der Waals surface area (Å²) >= 11 is 11.8. The van der Waals surface area contributed by atoms with Crippen molar-refractivity contribution >= 4 is 29.0 Å². The Bertz CT molecular complexity index is 437. The molecule has 0 aromatic heterocycles. The predicted octanol–water partition coefficient (Wildman–Crippen LogP) is 2.21. The van der Waals surface area contributed by atoms with Crippen LogP contribution in [0.5, 0.6) is 0 Å². The summed E-state index contributed by atoms with van der Waals surface area (Å²) in [6, 6.07) is 5.12. The lowest BCUT2D eigenvalue weighted by Crippen LogP contribution is -2.31. The van der Waals surface area contributed by atoms with Gasteiger partial charge in [-0.2, -0.15) is 0 Å². The molecule has 0 aliphatic carbocycles. The molecule has 1 fully saturated rings. The molecule has 1 saturated heterocycles. The second-order valence-electron chi connectivity index (χ2n) is 4.33. The van der Waals surface area contributed by atoms with Crippen LogP contribution < -0.4 is 5.73 Å². The molecule has 1 aliphatic heterocycles. The summed E-state index contributed by atoms with van der Waals surface area (Å²) in [6.07, 6.45) is 0.946. The molecule has 0 amide bonds. The van der Waals surface area contributed by atoms with E-state index in [4.69, 9.17) is 28.9 Å². The van der Waals surface area contributed by atoms with Gasteiger partial charge in [-0.05, 0) is 24.6 Å². The van der Waals surface area contributed by atoms with Crippen LogP contribution in [0.3, 0.4) is 0 Å². The predicted molar refractivity (Wildman–Crippen MR) is 69.8 cm³/mol. The van der Waals surface area contributed by atoms with Crippen molar-refractivity contribution in [2.24, 2.45) is 5.73 Å². The summed E-state index contributed by atoms with van der Waals surface area (Å²) in [5, 5.41) is 0.945. The Morgan fingerprint density at radius 3 is 2.82 bits per heavy atom. The summed E-state index contributed by atoms with van der Waals surface area (Å²) in [7, 11) is 0. The highest BCUT2D eigenvalue weighted by molar-refractivity contribution is 6.36. The van der Waals surface area contributed by atoms with Crippen molar-refractivity contribution in [1.82, 2.24) is 4.90 Å². The third-order valence-corrected chi connectivity index (χ3v) is 3.46. The number of hydrogen-bond acceptors (Lipinski definition) is 3. The summed E-state index contributed by atoms with van der Waals surface area (Å²) in [6.45, 7) is 2.02. The number of hydrogen-bond donors (Lipinski definition) is 1. The van der Waals surface area contributed by atoms with E-state index >= 15 is 0 Å². The average Bonchev–Trinajstić information content (AvgIpc) is 2.63. The number of nitrogens with two attached hydrogens (primary N) is 1. The molecule has 1 atom stereocenters. The van der Waals surface area contributed by atoms with Crippen LogP contribution in [0, 0.1) is 0 Å². The standard InChI is InChI=1S/C12H14Cl2N2O/c13-8-1-2-10(11(14)5-8)12(17)7-16-4-3-9(15)6-16/h1-2,5,9H,3-4,6-7,15H2/t9-/m1/s1. The van der Waals surface area contributed by atoms with Crippen molar-refractivity contribution in [3.63, 3.8) is 0 Å². The molecule has 0 radical (unpaired) electrons. The molecular weight excluding hydrogens is 259 g/mol. The monoisotopic (exact) mass is 272 g/mol. The molecule has 2 N–H and O–H groups in total. The van der Waals surface area contributed by atoms with Crippen LogP contribution in [-0.2, 0) is 0 Å². The Labute approximate surface area is 110 Å². The van der Waals surface area contributed by atoms with Crippen molar-refractivity contribution in [3.8, 4) is 0 Å². The van der Waals surface area contributed by atoms with E-state index in [1.165, 1.54) is 0 Å². The van der Waals surface area contributed by atoms with Gasteiger partial charge in [0, 0.05) is 29.7 Å². The van der Waals surface area contributed by atoms with Crippen molar-refractivity contribution in [1.29, 1.82) is 0 Å². The van der Waals surface area contributed by atoms with Gasteiger partial charge >= 0.3 is 0 Å². The van der Waals surface area contributed by atoms with Crippen LogP contribution in [0.1, 0.15) is 16.8 Å². The SMILES string of the molecule is N[C@@H]1CCN(CC(=O)c2ccc(Cl)cc2Cl)C1. The second kappa shape index (κ2) is 5.36. The minimum Gasteiger partial charge on any atom is -0.326 e. The number of Topliss-reactive ketones (excluding diaryl/α,β-unsaturated/α-hetero) is 1. The maximum absolute atomic E-state index is 12.0. The van der Waals surface area contributed by atoms with Gasteiger partial charge in [0.2, 0.25) is 0 Å². The van der Waals surface area contributed by atoms with Gasteiger partial charge in [-0.15, -0.1) is 0 Å². The maximum atomic E-state index is 12.0. The zero-order valence-corrected chi connectivity index (χ0v) is 10.8. The van der Waals surface area contributed by atoms with Crippen LogP contribution in [0.4, 0.5) is 0 Å². The van der Waals surface area contributed by atoms with E-state index in [-0.39, 0.29) is 11.8 Å². The summed E-state index contributed by atoms with van der Waals surface area (Å²) in [5.41, 5.74) is 6.32. The molecule has 92 valence electrons. The van der Waals surface area contributed by atoms with E-state index in [2.05, 4.69) is 4.90 Å². The molecule has 3 nitrogen and oxygen atoms in total. The van der Waals surface area contributed by atoms with Crippen LogP contribution >= 0.6 is 23.2 Å². The molecule has 0 saturated carbocycles. The summed E-state index contributed by atoms with van der Waals surface area (Å²) in [4.78, 5) is 14.1. The largest absolute Gasteiger partial charge is 0.326 e. The Morgan fingerprint density at radius 2 is 2.24 bits per heavy atom. The van der Waals surface area contributed by atoms with Crippen molar-refractivity contribution in [2.75, 3.05) is 19.6 Å². The quantitative estimate of drug-likeness (QED) is 0.859. The van der Waals surface area contributed by atoms with Crippen LogP contribution in [0.2, 0.25) is 10.0 Å². The zero-order chi connectivity index (χ0) is 12.4. The molecule has 1 aliphatic rings. The molecule has 1 aromatic carbocycles. The lowest BCUT2D eigenvalue weighted by atomic mass is 10.1. The Kier molecular flexibility index (Phi) is 4.05. The highest BCUT2D eigenvalue weighted by Gasteiger charge is 2.22. The highest BCUT2D eigenvalue weighted by Crippen LogP contribution is 2.22. The van der Waals surface area contributed by atoms with Crippen LogP contribution in [-0.4, -0.2) is 36.4 Å². The van der Waals surface area contributed by atoms with E-state index in [0.717, 1.165) is 19.5 Å².